The fourth-order valence-electron chi connectivity index (χ4n) is 3.71. The average molecular weight is 409 g/mol. The lowest BCUT2D eigenvalue weighted by atomic mass is 9.72. The summed E-state index contributed by atoms with van der Waals surface area (Å²) in [4.78, 5) is 25.8. The molecular weight excluding hydrogens is 381 g/mol. The summed E-state index contributed by atoms with van der Waals surface area (Å²) in [7, 11) is -1.04. The van der Waals surface area contributed by atoms with Crippen molar-refractivity contribution in [1.29, 1.82) is 0 Å². The second-order valence-electron chi connectivity index (χ2n) is 8.21. The largest absolute Gasteiger partial charge is 0.492 e. The minimum atomic E-state index is -1.04. The Labute approximate surface area is 177 Å². The van der Waals surface area contributed by atoms with Crippen LogP contribution >= 0.6 is 0 Å². The molecule has 0 bridgehead atoms. The molecule has 1 heterocycles. The van der Waals surface area contributed by atoms with E-state index in [1.54, 1.807) is 12.1 Å². The maximum Gasteiger partial charge on any atom is 0.492 e. The first-order chi connectivity index (χ1) is 14.3. The summed E-state index contributed by atoms with van der Waals surface area (Å²) in [6.07, 6.45) is 0. The van der Waals surface area contributed by atoms with Gasteiger partial charge < -0.3 is 19.7 Å². The van der Waals surface area contributed by atoms with Gasteiger partial charge in [-0.15, -0.1) is 0 Å². The summed E-state index contributed by atoms with van der Waals surface area (Å²) in [6.45, 7) is 8.12. The molecule has 0 fully saturated rings. The molecule has 0 aromatic heterocycles. The van der Waals surface area contributed by atoms with Gasteiger partial charge in [0.1, 0.15) is 12.6 Å². The fourth-order valence-corrected chi connectivity index (χ4v) is 3.71. The average Bonchev–Trinajstić information content (AvgIpc) is 3.10. The quantitative estimate of drug-likeness (QED) is 0.542. The third-order valence-corrected chi connectivity index (χ3v) is 5.27. The lowest BCUT2D eigenvalue weighted by Crippen LogP contribution is -2.46. The summed E-state index contributed by atoms with van der Waals surface area (Å²) < 4.78 is 10.8. The van der Waals surface area contributed by atoms with Gasteiger partial charge in [0.05, 0.1) is 6.61 Å². The minimum absolute atomic E-state index is 0.000387. The van der Waals surface area contributed by atoms with Crippen molar-refractivity contribution in [3.63, 3.8) is 0 Å². The van der Waals surface area contributed by atoms with Gasteiger partial charge in [0.15, 0.2) is 0 Å². The van der Waals surface area contributed by atoms with Crippen LogP contribution in [0.5, 0.6) is 0 Å². The lowest BCUT2D eigenvalue weighted by Gasteiger charge is -2.23. The van der Waals surface area contributed by atoms with E-state index in [2.05, 4.69) is 5.32 Å². The van der Waals surface area contributed by atoms with Gasteiger partial charge >= 0.3 is 13.1 Å². The number of ether oxygens (including phenoxy) is 1. The van der Waals surface area contributed by atoms with Crippen LogP contribution in [0.1, 0.15) is 60.7 Å². The van der Waals surface area contributed by atoms with Gasteiger partial charge in [0.25, 0.3) is 5.91 Å². The molecule has 6 nitrogen and oxygen atoms in total. The van der Waals surface area contributed by atoms with Crippen LogP contribution in [0.2, 0.25) is 0 Å². The van der Waals surface area contributed by atoms with Crippen molar-refractivity contribution in [3.05, 3.63) is 64.7 Å². The Bertz CT molecular complexity index is 913. The summed E-state index contributed by atoms with van der Waals surface area (Å²) in [5, 5.41) is 13.1. The van der Waals surface area contributed by atoms with Gasteiger partial charge in [-0.05, 0) is 40.1 Å². The SMILES string of the molecule is CC(C)c1c(C(=O)NC(C(=O)OCc2ccccc2)C(C)C)ccc2c1B(O)OC2. The van der Waals surface area contributed by atoms with Crippen LogP contribution in [0.25, 0.3) is 0 Å². The summed E-state index contributed by atoms with van der Waals surface area (Å²) in [5.74, 6) is -0.989. The molecule has 0 aliphatic carbocycles. The molecule has 3 rings (SSSR count). The first-order valence-corrected chi connectivity index (χ1v) is 10.3. The van der Waals surface area contributed by atoms with E-state index in [4.69, 9.17) is 9.39 Å². The zero-order valence-electron chi connectivity index (χ0n) is 17.8. The van der Waals surface area contributed by atoms with E-state index in [1.807, 2.05) is 58.0 Å². The molecule has 1 aliphatic rings. The number of nitrogens with one attached hydrogen (secondary N) is 1. The van der Waals surface area contributed by atoms with E-state index < -0.39 is 19.1 Å². The Morgan fingerprint density at radius 3 is 2.47 bits per heavy atom. The van der Waals surface area contributed by atoms with Crippen molar-refractivity contribution in [3.8, 4) is 0 Å². The molecule has 1 amide bonds. The van der Waals surface area contributed by atoms with Crippen molar-refractivity contribution < 1.29 is 24.0 Å². The topological polar surface area (TPSA) is 84.9 Å². The monoisotopic (exact) mass is 409 g/mol. The minimum Gasteiger partial charge on any atom is -0.459 e. The van der Waals surface area contributed by atoms with Crippen LogP contribution in [0.3, 0.4) is 0 Å². The number of carbonyl (C=O) groups is 2. The van der Waals surface area contributed by atoms with Crippen molar-refractivity contribution in [2.24, 2.45) is 5.92 Å². The highest BCUT2D eigenvalue weighted by Gasteiger charge is 2.34. The first-order valence-electron chi connectivity index (χ1n) is 10.3. The Hall–Kier alpha value is -2.64. The molecule has 2 N–H and O–H groups in total. The van der Waals surface area contributed by atoms with Gasteiger partial charge in [-0.2, -0.15) is 0 Å². The standard InChI is InChI=1S/C23H28BNO5/c1-14(2)19-18(11-10-17-13-30-24(28)20(17)19)22(26)25-21(15(3)4)23(27)29-12-16-8-6-5-7-9-16/h5-11,14-15,21,28H,12-13H2,1-4H3,(H,25,26). The van der Waals surface area contributed by atoms with Crippen molar-refractivity contribution in [1.82, 2.24) is 5.32 Å². The fraction of sp³-hybridized carbons (Fsp3) is 0.391. The van der Waals surface area contributed by atoms with Crippen molar-refractivity contribution >= 4 is 24.5 Å². The molecule has 2 aromatic carbocycles. The van der Waals surface area contributed by atoms with E-state index in [0.717, 1.165) is 16.7 Å². The number of esters is 1. The smallest absolute Gasteiger partial charge is 0.459 e. The van der Waals surface area contributed by atoms with Crippen LogP contribution < -0.4 is 10.8 Å². The van der Waals surface area contributed by atoms with E-state index in [1.165, 1.54) is 0 Å². The Morgan fingerprint density at radius 2 is 1.83 bits per heavy atom. The van der Waals surface area contributed by atoms with Crippen molar-refractivity contribution in [2.45, 2.75) is 52.9 Å². The van der Waals surface area contributed by atoms with E-state index in [9.17, 15) is 14.6 Å². The number of hydrogen-bond donors (Lipinski definition) is 2. The van der Waals surface area contributed by atoms with E-state index in [0.29, 0.717) is 17.6 Å². The van der Waals surface area contributed by atoms with Gasteiger partial charge in [-0.25, -0.2) is 4.79 Å². The highest BCUT2D eigenvalue weighted by atomic mass is 16.5. The van der Waals surface area contributed by atoms with E-state index in [-0.39, 0.29) is 24.3 Å². The third kappa shape index (κ3) is 4.74. The van der Waals surface area contributed by atoms with Gasteiger partial charge in [-0.1, -0.05) is 64.1 Å². The zero-order chi connectivity index (χ0) is 21.8. The zero-order valence-corrected chi connectivity index (χ0v) is 17.8. The molecule has 2 aromatic rings. The Kier molecular flexibility index (Phi) is 6.95. The molecule has 30 heavy (non-hydrogen) atoms. The predicted octanol–water partition coefficient (Wildman–Crippen LogP) is 2.53. The van der Waals surface area contributed by atoms with Crippen LogP contribution in [-0.2, 0) is 27.4 Å². The molecule has 158 valence electrons. The van der Waals surface area contributed by atoms with Crippen LogP contribution in [0, 0.1) is 5.92 Å². The molecule has 7 heteroatoms. The molecule has 0 spiro atoms. The maximum atomic E-state index is 13.1. The van der Waals surface area contributed by atoms with Crippen molar-refractivity contribution in [2.75, 3.05) is 0 Å². The van der Waals surface area contributed by atoms with E-state index >= 15 is 0 Å². The summed E-state index contributed by atoms with van der Waals surface area (Å²) in [6, 6.07) is 12.2. The molecule has 0 saturated carbocycles. The second kappa shape index (κ2) is 9.45. The number of benzene rings is 2. The molecule has 1 aliphatic heterocycles. The number of hydrogen-bond acceptors (Lipinski definition) is 5. The number of carbonyl (C=O) groups excluding carboxylic acids is 2. The molecular formula is C23H28BNO5. The number of fused-ring (bicyclic) bond motifs is 1. The first kappa shape index (κ1) is 22.1. The normalized spacial score (nSPS) is 14.0. The predicted molar refractivity (Wildman–Crippen MR) is 115 cm³/mol. The summed E-state index contributed by atoms with van der Waals surface area (Å²) >= 11 is 0. The van der Waals surface area contributed by atoms with Gasteiger partial charge in [-0.3, -0.25) is 4.79 Å². The molecule has 0 radical (unpaired) electrons. The maximum absolute atomic E-state index is 13.1. The van der Waals surface area contributed by atoms with Crippen LogP contribution in [0.15, 0.2) is 42.5 Å². The molecule has 1 atom stereocenters. The molecule has 0 saturated heterocycles. The van der Waals surface area contributed by atoms with Crippen LogP contribution in [0.4, 0.5) is 0 Å². The van der Waals surface area contributed by atoms with Gasteiger partial charge in [0.2, 0.25) is 0 Å². The number of rotatable bonds is 7. The summed E-state index contributed by atoms with van der Waals surface area (Å²) in [5.41, 5.74) is 3.61. The molecule has 1 unspecified atom stereocenters. The highest BCUT2D eigenvalue weighted by Crippen LogP contribution is 2.24. The van der Waals surface area contributed by atoms with Gasteiger partial charge in [0, 0.05) is 5.56 Å². The van der Waals surface area contributed by atoms with Crippen LogP contribution in [-0.4, -0.2) is 30.1 Å². The highest BCUT2D eigenvalue weighted by molar-refractivity contribution is 6.62. The Morgan fingerprint density at radius 1 is 1.13 bits per heavy atom. The Balaban J connectivity index is 1.79. The third-order valence-electron chi connectivity index (χ3n) is 5.27. The number of amides is 1. The second-order valence-corrected chi connectivity index (χ2v) is 8.21. The lowest BCUT2D eigenvalue weighted by molar-refractivity contribution is -0.148.